The van der Waals surface area contributed by atoms with Crippen LogP contribution in [0, 0.1) is 0 Å². The Balaban J connectivity index is 2.02. The first-order valence-corrected chi connectivity index (χ1v) is 7.61. The van der Waals surface area contributed by atoms with Crippen molar-refractivity contribution in [1.82, 2.24) is 5.32 Å². The van der Waals surface area contributed by atoms with Crippen molar-refractivity contribution < 1.29 is 5.11 Å². The van der Waals surface area contributed by atoms with Crippen LogP contribution in [0.2, 0.25) is 0 Å². The Bertz CT molecular complexity index is 415. The summed E-state index contributed by atoms with van der Waals surface area (Å²) in [5, 5.41) is 13.8. The molecule has 0 fully saturated rings. The van der Waals surface area contributed by atoms with Gasteiger partial charge >= 0.3 is 0 Å². The van der Waals surface area contributed by atoms with E-state index in [1.54, 1.807) is 0 Å². The van der Waals surface area contributed by atoms with Crippen molar-refractivity contribution in [2.45, 2.75) is 51.2 Å². The number of hydrogen-bond acceptors (Lipinski definition) is 2. The van der Waals surface area contributed by atoms with Gasteiger partial charge in [-0.2, -0.15) is 0 Å². The summed E-state index contributed by atoms with van der Waals surface area (Å²) in [4.78, 5) is 0. The van der Waals surface area contributed by atoms with Crippen LogP contribution in [0.4, 0.5) is 0 Å². The van der Waals surface area contributed by atoms with E-state index < -0.39 is 5.60 Å². The van der Waals surface area contributed by atoms with Crippen LogP contribution >= 0.6 is 15.9 Å². The van der Waals surface area contributed by atoms with Crippen molar-refractivity contribution in [2.75, 3.05) is 6.54 Å². The summed E-state index contributed by atoms with van der Waals surface area (Å²) in [6, 6.07) is 6.91. The summed E-state index contributed by atoms with van der Waals surface area (Å²) >= 11 is 3.52. The fourth-order valence-corrected chi connectivity index (χ4v) is 3.02. The summed E-state index contributed by atoms with van der Waals surface area (Å²) in [6.07, 6.45) is 3.87. The largest absolute Gasteiger partial charge is 0.389 e. The number of hydrogen-bond donors (Lipinski definition) is 2. The SMILES string of the molecule is CCC(O)(CC)CNC1CCc2cc(Br)ccc21. The molecule has 1 aromatic carbocycles. The molecule has 1 aliphatic rings. The molecule has 0 saturated carbocycles. The highest BCUT2D eigenvalue weighted by atomic mass is 79.9. The lowest BCUT2D eigenvalue weighted by Gasteiger charge is -2.27. The number of halogens is 1. The maximum absolute atomic E-state index is 10.3. The normalized spacial score (nSPS) is 19.0. The summed E-state index contributed by atoms with van der Waals surface area (Å²) in [5.74, 6) is 0. The van der Waals surface area contributed by atoms with E-state index in [4.69, 9.17) is 0 Å². The maximum Gasteiger partial charge on any atom is 0.0766 e. The highest BCUT2D eigenvalue weighted by Crippen LogP contribution is 2.33. The zero-order valence-corrected chi connectivity index (χ0v) is 12.8. The van der Waals surface area contributed by atoms with Gasteiger partial charge in [0.2, 0.25) is 0 Å². The third-order valence-corrected chi connectivity index (χ3v) is 4.67. The minimum absolute atomic E-state index is 0.401. The lowest BCUT2D eigenvalue weighted by atomic mass is 9.96. The minimum atomic E-state index is -0.557. The number of benzene rings is 1. The molecule has 1 atom stereocenters. The summed E-state index contributed by atoms with van der Waals surface area (Å²) in [5.41, 5.74) is 2.27. The van der Waals surface area contributed by atoms with Crippen LogP contribution in [0.15, 0.2) is 22.7 Å². The van der Waals surface area contributed by atoms with Crippen molar-refractivity contribution in [1.29, 1.82) is 0 Å². The molecule has 0 aromatic heterocycles. The second kappa shape index (κ2) is 5.72. The molecular weight excluding hydrogens is 290 g/mol. The highest BCUT2D eigenvalue weighted by molar-refractivity contribution is 9.10. The van der Waals surface area contributed by atoms with Crippen LogP contribution in [-0.2, 0) is 6.42 Å². The Kier molecular flexibility index (Phi) is 4.46. The lowest BCUT2D eigenvalue weighted by Crippen LogP contribution is -2.40. The number of aryl methyl sites for hydroxylation is 1. The van der Waals surface area contributed by atoms with E-state index in [9.17, 15) is 5.11 Å². The quantitative estimate of drug-likeness (QED) is 0.871. The van der Waals surface area contributed by atoms with Crippen LogP contribution in [-0.4, -0.2) is 17.3 Å². The summed E-state index contributed by atoms with van der Waals surface area (Å²) in [6.45, 7) is 4.77. The lowest BCUT2D eigenvalue weighted by molar-refractivity contribution is 0.0298. The molecule has 0 spiro atoms. The molecule has 0 amide bonds. The molecule has 1 aliphatic carbocycles. The van der Waals surface area contributed by atoms with Crippen molar-refractivity contribution in [2.24, 2.45) is 0 Å². The molecule has 0 aliphatic heterocycles. The van der Waals surface area contributed by atoms with Crippen LogP contribution in [0.3, 0.4) is 0 Å². The first-order valence-electron chi connectivity index (χ1n) is 6.82. The van der Waals surface area contributed by atoms with Crippen molar-refractivity contribution in [3.8, 4) is 0 Å². The fraction of sp³-hybridized carbons (Fsp3) is 0.600. The van der Waals surface area contributed by atoms with Gasteiger partial charge in [0.15, 0.2) is 0 Å². The monoisotopic (exact) mass is 311 g/mol. The van der Waals surface area contributed by atoms with Gasteiger partial charge in [-0.05, 0) is 48.9 Å². The standard InChI is InChI=1S/C15H22BrNO/c1-3-15(18,4-2)10-17-14-8-5-11-9-12(16)6-7-13(11)14/h6-7,9,14,17-18H,3-5,8,10H2,1-2H3. The van der Waals surface area contributed by atoms with Gasteiger partial charge < -0.3 is 10.4 Å². The molecule has 2 rings (SSSR count). The molecule has 100 valence electrons. The Labute approximate surface area is 118 Å². The van der Waals surface area contributed by atoms with Crippen molar-refractivity contribution >= 4 is 15.9 Å². The number of nitrogens with one attached hydrogen (secondary N) is 1. The first-order chi connectivity index (χ1) is 8.58. The molecule has 0 bridgehead atoms. The van der Waals surface area contributed by atoms with Gasteiger partial charge in [0.25, 0.3) is 0 Å². The molecule has 1 aromatic rings. The third-order valence-electron chi connectivity index (χ3n) is 4.18. The zero-order valence-electron chi connectivity index (χ0n) is 11.2. The van der Waals surface area contributed by atoms with Gasteiger partial charge in [-0.1, -0.05) is 35.8 Å². The predicted octanol–water partition coefficient (Wildman–Crippen LogP) is 3.58. The van der Waals surface area contributed by atoms with Gasteiger partial charge in [-0.15, -0.1) is 0 Å². The van der Waals surface area contributed by atoms with E-state index in [-0.39, 0.29) is 0 Å². The molecule has 2 N–H and O–H groups in total. The summed E-state index contributed by atoms with van der Waals surface area (Å²) in [7, 11) is 0. The number of aliphatic hydroxyl groups is 1. The fourth-order valence-electron chi connectivity index (χ4n) is 2.61. The Morgan fingerprint density at radius 3 is 2.78 bits per heavy atom. The minimum Gasteiger partial charge on any atom is -0.389 e. The van der Waals surface area contributed by atoms with E-state index in [1.807, 2.05) is 13.8 Å². The molecule has 0 saturated heterocycles. The Morgan fingerprint density at radius 1 is 1.39 bits per heavy atom. The smallest absolute Gasteiger partial charge is 0.0766 e. The molecule has 0 radical (unpaired) electrons. The Hall–Kier alpha value is -0.380. The van der Waals surface area contributed by atoms with E-state index >= 15 is 0 Å². The van der Waals surface area contributed by atoms with Gasteiger partial charge in [0.1, 0.15) is 0 Å². The predicted molar refractivity (Wildman–Crippen MR) is 78.7 cm³/mol. The molecule has 18 heavy (non-hydrogen) atoms. The van der Waals surface area contributed by atoms with Crippen LogP contribution in [0.25, 0.3) is 0 Å². The van der Waals surface area contributed by atoms with Crippen molar-refractivity contribution in [3.05, 3.63) is 33.8 Å². The van der Waals surface area contributed by atoms with Crippen molar-refractivity contribution in [3.63, 3.8) is 0 Å². The van der Waals surface area contributed by atoms with Gasteiger partial charge in [0, 0.05) is 17.1 Å². The van der Waals surface area contributed by atoms with E-state index in [2.05, 4.69) is 39.4 Å². The number of fused-ring (bicyclic) bond motifs is 1. The average Bonchev–Trinajstić information content (AvgIpc) is 2.78. The number of rotatable bonds is 5. The van der Waals surface area contributed by atoms with E-state index in [0.717, 1.165) is 30.2 Å². The topological polar surface area (TPSA) is 32.3 Å². The third kappa shape index (κ3) is 2.95. The molecule has 1 unspecified atom stereocenters. The molecule has 2 nitrogen and oxygen atoms in total. The zero-order chi connectivity index (χ0) is 13.2. The van der Waals surface area contributed by atoms with E-state index in [0.29, 0.717) is 12.6 Å². The van der Waals surface area contributed by atoms with E-state index in [1.165, 1.54) is 11.1 Å². The molecule has 3 heteroatoms. The van der Waals surface area contributed by atoms with Gasteiger partial charge in [-0.3, -0.25) is 0 Å². The van der Waals surface area contributed by atoms with Crippen LogP contribution in [0.1, 0.15) is 50.3 Å². The Morgan fingerprint density at radius 2 is 2.11 bits per heavy atom. The van der Waals surface area contributed by atoms with Crippen LogP contribution in [0.5, 0.6) is 0 Å². The molecule has 0 heterocycles. The summed E-state index contributed by atoms with van der Waals surface area (Å²) < 4.78 is 1.15. The molecular formula is C15H22BrNO. The second-order valence-electron chi connectivity index (χ2n) is 5.25. The highest BCUT2D eigenvalue weighted by Gasteiger charge is 2.27. The average molecular weight is 312 g/mol. The van der Waals surface area contributed by atoms with Gasteiger partial charge in [-0.25, -0.2) is 0 Å². The second-order valence-corrected chi connectivity index (χ2v) is 6.16. The van der Waals surface area contributed by atoms with Crippen LogP contribution < -0.4 is 5.32 Å². The maximum atomic E-state index is 10.3. The first kappa shape index (κ1) is 14.0. The van der Waals surface area contributed by atoms with Gasteiger partial charge in [0.05, 0.1) is 5.60 Å².